The molecule has 0 unspecified atom stereocenters. The second kappa shape index (κ2) is 9.71. The van der Waals surface area contributed by atoms with Crippen molar-refractivity contribution in [2.24, 2.45) is 0 Å². The molecule has 1 saturated heterocycles. The Labute approximate surface area is 150 Å². The fourth-order valence-corrected chi connectivity index (χ4v) is 4.22. The van der Waals surface area contributed by atoms with Crippen LogP contribution < -0.4 is 5.32 Å². The minimum Gasteiger partial charge on any atom is -0.314 e. The van der Waals surface area contributed by atoms with E-state index in [1.807, 2.05) is 0 Å². The van der Waals surface area contributed by atoms with Gasteiger partial charge >= 0.3 is 0 Å². The number of halogens is 1. The molecule has 1 aromatic rings. The summed E-state index contributed by atoms with van der Waals surface area (Å²) in [7, 11) is -3.79. The van der Waals surface area contributed by atoms with Crippen LogP contribution >= 0.6 is 0 Å². The Morgan fingerprint density at radius 1 is 1.28 bits per heavy atom. The van der Waals surface area contributed by atoms with E-state index in [9.17, 15) is 12.8 Å². The first-order valence-corrected chi connectivity index (χ1v) is 10.2. The molecule has 1 fully saturated rings. The van der Waals surface area contributed by atoms with E-state index in [0.29, 0.717) is 32.6 Å². The Hall–Kier alpha value is -1.68. The number of nitrogens with one attached hydrogen (secondary N) is 1. The molecule has 0 spiro atoms. The molecule has 6 heteroatoms. The van der Waals surface area contributed by atoms with E-state index in [1.54, 1.807) is 12.1 Å². The average Bonchev–Trinajstić information content (AvgIpc) is 2.63. The average molecular weight is 364 g/mol. The van der Waals surface area contributed by atoms with Crippen LogP contribution in [0.2, 0.25) is 0 Å². The molecule has 1 aromatic carbocycles. The van der Waals surface area contributed by atoms with Crippen LogP contribution in [-0.2, 0) is 10.0 Å². The van der Waals surface area contributed by atoms with Crippen molar-refractivity contribution in [1.29, 1.82) is 0 Å². The zero-order valence-corrected chi connectivity index (χ0v) is 15.4. The van der Waals surface area contributed by atoms with E-state index in [-0.39, 0.29) is 10.5 Å². The number of unbranched alkanes of at least 4 members (excludes halogenated alkanes) is 3. The fourth-order valence-electron chi connectivity index (χ4n) is 2.63. The molecule has 0 atom stereocenters. The maximum absolute atomic E-state index is 14.2. The Balaban J connectivity index is 2.33. The van der Waals surface area contributed by atoms with Crippen molar-refractivity contribution in [3.63, 3.8) is 0 Å². The lowest BCUT2D eigenvalue weighted by molar-refractivity contribution is 0.365. The first-order valence-electron chi connectivity index (χ1n) is 8.71. The van der Waals surface area contributed by atoms with Gasteiger partial charge in [-0.3, -0.25) is 0 Å². The number of benzene rings is 1. The molecule has 1 heterocycles. The van der Waals surface area contributed by atoms with Gasteiger partial charge in [0.05, 0.1) is 0 Å². The van der Waals surface area contributed by atoms with Crippen LogP contribution in [-0.4, -0.2) is 38.9 Å². The van der Waals surface area contributed by atoms with Crippen LogP contribution in [0.15, 0.2) is 30.3 Å². The van der Waals surface area contributed by atoms with Crippen molar-refractivity contribution in [2.75, 3.05) is 26.2 Å². The van der Waals surface area contributed by atoms with E-state index < -0.39 is 15.8 Å². The van der Waals surface area contributed by atoms with Gasteiger partial charge in [-0.1, -0.05) is 49.8 Å². The van der Waals surface area contributed by atoms with Crippen molar-refractivity contribution in [3.8, 4) is 11.8 Å². The Morgan fingerprint density at radius 3 is 2.68 bits per heavy atom. The van der Waals surface area contributed by atoms with E-state index in [1.165, 1.54) is 22.5 Å². The summed E-state index contributed by atoms with van der Waals surface area (Å²) in [5.74, 6) is 5.23. The van der Waals surface area contributed by atoms with Crippen molar-refractivity contribution in [2.45, 2.75) is 32.6 Å². The van der Waals surface area contributed by atoms with Crippen molar-refractivity contribution in [3.05, 3.63) is 41.7 Å². The van der Waals surface area contributed by atoms with Gasteiger partial charge in [0.1, 0.15) is 10.7 Å². The predicted octanol–water partition coefficient (Wildman–Crippen LogP) is 2.99. The van der Waals surface area contributed by atoms with E-state index >= 15 is 0 Å². The van der Waals surface area contributed by atoms with Gasteiger partial charge in [0.25, 0.3) is 0 Å². The van der Waals surface area contributed by atoms with Gasteiger partial charge in [-0.2, -0.15) is 4.31 Å². The monoisotopic (exact) mass is 364 g/mol. The third-order valence-corrected chi connectivity index (χ3v) is 5.98. The number of piperazine rings is 1. The molecule has 25 heavy (non-hydrogen) atoms. The molecule has 1 aliphatic rings. The zero-order chi connectivity index (χ0) is 18.1. The van der Waals surface area contributed by atoms with Gasteiger partial charge in [0.15, 0.2) is 0 Å². The Bertz CT molecular complexity index is 757. The van der Waals surface area contributed by atoms with Gasteiger partial charge in [-0.15, -0.1) is 0 Å². The molecular formula is C19H25FN2O2S. The summed E-state index contributed by atoms with van der Waals surface area (Å²) in [4.78, 5) is -0.0597. The van der Waals surface area contributed by atoms with Crippen LogP contribution in [0.5, 0.6) is 0 Å². The molecule has 0 aliphatic carbocycles. The number of hydrogen-bond acceptors (Lipinski definition) is 3. The van der Waals surface area contributed by atoms with Gasteiger partial charge in [-0.05, 0) is 12.5 Å². The van der Waals surface area contributed by atoms with Crippen LogP contribution in [0.3, 0.4) is 0 Å². The maximum atomic E-state index is 14.2. The second-order valence-corrected chi connectivity index (χ2v) is 7.83. The number of hydrogen-bond donors (Lipinski definition) is 1. The van der Waals surface area contributed by atoms with Crippen molar-refractivity contribution < 1.29 is 12.8 Å². The van der Waals surface area contributed by atoms with Gasteiger partial charge in [0, 0.05) is 44.2 Å². The highest BCUT2D eigenvalue weighted by molar-refractivity contribution is 7.98. The summed E-state index contributed by atoms with van der Waals surface area (Å²) in [6, 6.07) is 5.93. The third-order valence-electron chi connectivity index (χ3n) is 4.04. The topological polar surface area (TPSA) is 49.4 Å². The largest absolute Gasteiger partial charge is 0.314 e. The van der Waals surface area contributed by atoms with Crippen LogP contribution in [0.25, 0.3) is 4.91 Å². The number of nitrogens with zero attached hydrogens (tertiary/aromatic N) is 1. The Morgan fingerprint density at radius 2 is 2.00 bits per heavy atom. The fraction of sp³-hybridized carbons (Fsp3) is 0.474. The minimum atomic E-state index is -3.79. The smallest absolute Gasteiger partial charge is 0.244 e. The zero-order valence-electron chi connectivity index (χ0n) is 14.6. The highest BCUT2D eigenvalue weighted by Crippen LogP contribution is 2.26. The van der Waals surface area contributed by atoms with Crippen LogP contribution in [0.4, 0.5) is 4.39 Å². The SMILES string of the molecule is CCCCCC#C/C=C(/c1ccccc1F)S(=O)(=O)N1CCNCC1. The Kier molecular flexibility index (Phi) is 7.63. The molecule has 0 bridgehead atoms. The molecule has 1 aliphatic heterocycles. The van der Waals surface area contributed by atoms with Crippen molar-refractivity contribution >= 4 is 14.9 Å². The highest BCUT2D eigenvalue weighted by atomic mass is 32.2. The van der Waals surface area contributed by atoms with E-state index in [2.05, 4.69) is 24.1 Å². The van der Waals surface area contributed by atoms with Crippen LogP contribution in [0.1, 0.15) is 38.2 Å². The highest BCUT2D eigenvalue weighted by Gasteiger charge is 2.30. The number of allylic oxidation sites excluding steroid dienone is 1. The summed E-state index contributed by atoms with van der Waals surface area (Å²) < 4.78 is 41.6. The first kappa shape index (κ1) is 19.6. The second-order valence-electron chi connectivity index (χ2n) is 5.92. The summed E-state index contributed by atoms with van der Waals surface area (Å²) in [5, 5.41) is 3.12. The van der Waals surface area contributed by atoms with E-state index in [4.69, 9.17) is 0 Å². The molecular weight excluding hydrogens is 339 g/mol. The standard InChI is InChI=1S/C19H25FN2O2S/c1-2-3-4-5-6-7-12-19(17-10-8-9-11-18(17)20)25(23,24)22-15-13-21-14-16-22/h8-12,21H,2-5,13-16H2,1H3/b19-12-. The summed E-state index contributed by atoms with van der Waals surface area (Å²) in [6.07, 6.45) is 5.24. The lowest BCUT2D eigenvalue weighted by Gasteiger charge is -2.27. The van der Waals surface area contributed by atoms with Crippen LogP contribution in [0, 0.1) is 17.7 Å². The lowest BCUT2D eigenvalue weighted by Crippen LogP contribution is -2.46. The summed E-state index contributed by atoms with van der Waals surface area (Å²) in [5.41, 5.74) is 0.0730. The van der Waals surface area contributed by atoms with Gasteiger partial charge < -0.3 is 5.32 Å². The number of rotatable bonds is 6. The summed E-state index contributed by atoms with van der Waals surface area (Å²) in [6.45, 7) is 4.04. The predicted molar refractivity (Wildman–Crippen MR) is 99.7 cm³/mol. The molecule has 0 amide bonds. The van der Waals surface area contributed by atoms with Gasteiger partial charge in [-0.25, -0.2) is 12.8 Å². The van der Waals surface area contributed by atoms with E-state index in [0.717, 1.165) is 19.3 Å². The summed E-state index contributed by atoms with van der Waals surface area (Å²) >= 11 is 0. The maximum Gasteiger partial charge on any atom is 0.244 e. The number of sulfonamides is 1. The lowest BCUT2D eigenvalue weighted by atomic mass is 10.2. The first-order chi connectivity index (χ1) is 12.1. The molecule has 4 nitrogen and oxygen atoms in total. The normalized spacial score (nSPS) is 16.3. The molecule has 2 rings (SSSR count). The van der Waals surface area contributed by atoms with Gasteiger partial charge in [0.2, 0.25) is 10.0 Å². The third kappa shape index (κ3) is 5.40. The van der Waals surface area contributed by atoms with Crippen molar-refractivity contribution in [1.82, 2.24) is 9.62 Å². The molecule has 136 valence electrons. The quantitative estimate of drug-likeness (QED) is 0.624. The molecule has 0 aromatic heterocycles. The molecule has 0 saturated carbocycles. The molecule has 1 N–H and O–H groups in total. The minimum absolute atomic E-state index is 0.0597. The molecule has 0 radical (unpaired) electrons.